The molecule has 1 atom stereocenters. The quantitative estimate of drug-likeness (QED) is 0.832. The van der Waals surface area contributed by atoms with Crippen LogP contribution in [-0.2, 0) is 0 Å². The molecule has 2 nitrogen and oxygen atoms in total. The van der Waals surface area contributed by atoms with E-state index in [-0.39, 0.29) is 6.04 Å². The lowest BCUT2D eigenvalue weighted by Crippen LogP contribution is -2.06. The Balaban J connectivity index is 2.06. The van der Waals surface area contributed by atoms with Crippen LogP contribution in [0.4, 0.5) is 5.69 Å². The average Bonchev–Trinajstić information content (AvgIpc) is 2.48. The van der Waals surface area contributed by atoms with E-state index in [1.165, 1.54) is 10.5 Å². The van der Waals surface area contributed by atoms with Gasteiger partial charge >= 0.3 is 0 Å². The van der Waals surface area contributed by atoms with Gasteiger partial charge in [0.15, 0.2) is 0 Å². The molecule has 19 heavy (non-hydrogen) atoms. The highest BCUT2D eigenvalue weighted by Gasteiger charge is 2.05. The van der Waals surface area contributed by atoms with Gasteiger partial charge in [0, 0.05) is 16.6 Å². The molecule has 0 fully saturated rings. The van der Waals surface area contributed by atoms with Crippen molar-refractivity contribution in [2.75, 3.05) is 11.6 Å². The van der Waals surface area contributed by atoms with Gasteiger partial charge in [0.2, 0.25) is 0 Å². The molecule has 0 aliphatic heterocycles. The third-order valence-corrected chi connectivity index (χ3v) is 3.76. The highest BCUT2D eigenvalue weighted by atomic mass is 32.2. The highest BCUT2D eigenvalue weighted by molar-refractivity contribution is 7.98. The second-order valence-electron chi connectivity index (χ2n) is 4.33. The summed E-state index contributed by atoms with van der Waals surface area (Å²) in [6.45, 7) is 2.13. The van der Waals surface area contributed by atoms with Crippen molar-refractivity contribution in [2.45, 2.75) is 17.9 Å². The Hall–Kier alpha value is -1.92. The van der Waals surface area contributed by atoms with Crippen LogP contribution in [0.2, 0.25) is 0 Å². The van der Waals surface area contributed by atoms with Crippen LogP contribution in [0.25, 0.3) is 0 Å². The fourth-order valence-corrected chi connectivity index (χ4v) is 2.28. The summed E-state index contributed by atoms with van der Waals surface area (Å²) < 4.78 is 0. The van der Waals surface area contributed by atoms with Crippen LogP contribution in [0, 0.1) is 11.3 Å². The van der Waals surface area contributed by atoms with Crippen molar-refractivity contribution in [3.05, 3.63) is 59.7 Å². The van der Waals surface area contributed by atoms with Gasteiger partial charge in [-0.2, -0.15) is 5.26 Å². The molecule has 0 aromatic heterocycles. The van der Waals surface area contributed by atoms with E-state index in [2.05, 4.69) is 48.8 Å². The first-order valence-electron chi connectivity index (χ1n) is 6.13. The molecule has 0 bridgehead atoms. The number of hydrogen-bond acceptors (Lipinski definition) is 3. The number of benzene rings is 2. The lowest BCUT2D eigenvalue weighted by atomic mass is 10.1. The van der Waals surface area contributed by atoms with Gasteiger partial charge < -0.3 is 5.32 Å². The summed E-state index contributed by atoms with van der Waals surface area (Å²) in [5.74, 6) is 0. The molecular weight excluding hydrogens is 252 g/mol. The Morgan fingerprint density at radius 3 is 2.21 bits per heavy atom. The maximum Gasteiger partial charge on any atom is 0.0991 e. The number of nitriles is 1. The predicted molar refractivity (Wildman–Crippen MR) is 81.4 cm³/mol. The standard InChI is InChI=1S/C16H16N2S/c1-12(14-5-9-16(19-2)10-6-14)18-15-7-3-13(11-17)4-8-15/h3-10,12,18H,1-2H3. The monoisotopic (exact) mass is 268 g/mol. The van der Waals surface area contributed by atoms with E-state index < -0.39 is 0 Å². The molecule has 0 aliphatic carbocycles. The van der Waals surface area contributed by atoms with Crippen molar-refractivity contribution in [1.29, 1.82) is 5.26 Å². The summed E-state index contributed by atoms with van der Waals surface area (Å²) in [4.78, 5) is 1.27. The summed E-state index contributed by atoms with van der Waals surface area (Å²) in [6.07, 6.45) is 2.08. The van der Waals surface area contributed by atoms with E-state index in [9.17, 15) is 0 Å². The molecule has 1 N–H and O–H groups in total. The maximum atomic E-state index is 8.77. The van der Waals surface area contributed by atoms with Crippen LogP contribution in [0.1, 0.15) is 24.1 Å². The third-order valence-electron chi connectivity index (χ3n) is 3.01. The van der Waals surface area contributed by atoms with Gasteiger partial charge in [-0.3, -0.25) is 0 Å². The summed E-state index contributed by atoms with van der Waals surface area (Å²) in [6, 6.07) is 18.4. The van der Waals surface area contributed by atoms with Crippen LogP contribution in [0.5, 0.6) is 0 Å². The van der Waals surface area contributed by atoms with Crippen LogP contribution in [0.3, 0.4) is 0 Å². The largest absolute Gasteiger partial charge is 0.379 e. The lowest BCUT2D eigenvalue weighted by Gasteiger charge is -2.16. The number of hydrogen-bond donors (Lipinski definition) is 1. The Labute approximate surface area is 118 Å². The second-order valence-corrected chi connectivity index (χ2v) is 5.21. The van der Waals surface area contributed by atoms with Gasteiger partial charge in [-0.05, 0) is 55.1 Å². The molecule has 0 aliphatic rings. The molecule has 96 valence electrons. The van der Waals surface area contributed by atoms with Crippen molar-refractivity contribution in [3.63, 3.8) is 0 Å². The topological polar surface area (TPSA) is 35.8 Å². The van der Waals surface area contributed by atoms with Crippen LogP contribution < -0.4 is 5.32 Å². The van der Waals surface area contributed by atoms with Crippen molar-refractivity contribution >= 4 is 17.4 Å². The summed E-state index contributed by atoms with van der Waals surface area (Å²) in [5, 5.41) is 12.2. The fraction of sp³-hybridized carbons (Fsp3) is 0.188. The van der Waals surface area contributed by atoms with Gasteiger partial charge in [-0.25, -0.2) is 0 Å². The molecule has 3 heteroatoms. The third kappa shape index (κ3) is 3.52. The molecule has 0 amide bonds. The first kappa shape index (κ1) is 13.5. The molecule has 0 heterocycles. The zero-order chi connectivity index (χ0) is 13.7. The van der Waals surface area contributed by atoms with Crippen LogP contribution in [-0.4, -0.2) is 6.26 Å². The molecule has 0 radical (unpaired) electrons. The first-order valence-corrected chi connectivity index (χ1v) is 7.36. The minimum absolute atomic E-state index is 0.240. The number of nitrogens with zero attached hydrogens (tertiary/aromatic N) is 1. The van der Waals surface area contributed by atoms with Crippen molar-refractivity contribution in [2.24, 2.45) is 0 Å². The zero-order valence-electron chi connectivity index (χ0n) is 11.1. The van der Waals surface area contributed by atoms with E-state index >= 15 is 0 Å². The molecule has 2 rings (SSSR count). The van der Waals surface area contributed by atoms with Gasteiger partial charge in [-0.15, -0.1) is 11.8 Å². The molecule has 0 saturated carbocycles. The summed E-state index contributed by atoms with van der Waals surface area (Å²) >= 11 is 1.75. The lowest BCUT2D eigenvalue weighted by molar-refractivity contribution is 0.883. The first-order chi connectivity index (χ1) is 9.22. The van der Waals surface area contributed by atoms with Crippen molar-refractivity contribution < 1.29 is 0 Å². The van der Waals surface area contributed by atoms with E-state index in [1.807, 2.05) is 24.3 Å². The molecule has 2 aromatic rings. The molecule has 0 saturated heterocycles. The van der Waals surface area contributed by atoms with Gasteiger partial charge in [-0.1, -0.05) is 12.1 Å². The van der Waals surface area contributed by atoms with E-state index in [0.29, 0.717) is 5.56 Å². The average molecular weight is 268 g/mol. The normalized spacial score (nSPS) is 11.6. The van der Waals surface area contributed by atoms with Crippen LogP contribution >= 0.6 is 11.8 Å². The highest BCUT2D eigenvalue weighted by Crippen LogP contribution is 2.22. The molecular formula is C16H16N2S. The van der Waals surface area contributed by atoms with Gasteiger partial charge in [0.05, 0.1) is 11.6 Å². The molecule has 2 aromatic carbocycles. The summed E-state index contributed by atoms with van der Waals surface area (Å²) in [5.41, 5.74) is 2.96. The Morgan fingerprint density at radius 1 is 1.05 bits per heavy atom. The zero-order valence-corrected chi connectivity index (χ0v) is 11.9. The van der Waals surface area contributed by atoms with E-state index in [4.69, 9.17) is 5.26 Å². The molecule has 0 spiro atoms. The maximum absolute atomic E-state index is 8.77. The molecule has 1 unspecified atom stereocenters. The van der Waals surface area contributed by atoms with Gasteiger partial charge in [0.1, 0.15) is 0 Å². The fourth-order valence-electron chi connectivity index (χ4n) is 1.87. The minimum Gasteiger partial charge on any atom is -0.379 e. The Morgan fingerprint density at radius 2 is 1.68 bits per heavy atom. The van der Waals surface area contributed by atoms with Crippen molar-refractivity contribution in [1.82, 2.24) is 0 Å². The number of nitrogens with one attached hydrogen (secondary N) is 1. The predicted octanol–water partition coefficient (Wildman–Crippen LogP) is 4.45. The van der Waals surface area contributed by atoms with E-state index in [1.54, 1.807) is 11.8 Å². The number of anilines is 1. The Kier molecular flexibility index (Phi) is 4.48. The van der Waals surface area contributed by atoms with Gasteiger partial charge in [0.25, 0.3) is 0 Å². The Bertz CT molecular complexity index is 567. The SMILES string of the molecule is CSc1ccc(C(C)Nc2ccc(C#N)cc2)cc1. The minimum atomic E-state index is 0.240. The van der Waals surface area contributed by atoms with E-state index in [0.717, 1.165) is 5.69 Å². The summed E-state index contributed by atoms with van der Waals surface area (Å²) in [7, 11) is 0. The number of thioether (sulfide) groups is 1. The second kappa shape index (κ2) is 6.31. The van der Waals surface area contributed by atoms with Crippen LogP contribution in [0.15, 0.2) is 53.4 Å². The smallest absolute Gasteiger partial charge is 0.0991 e. The number of rotatable bonds is 4. The van der Waals surface area contributed by atoms with Crippen molar-refractivity contribution in [3.8, 4) is 6.07 Å².